The number of nitriles is 1. The van der Waals surface area contributed by atoms with Crippen molar-refractivity contribution >= 4 is 5.69 Å². The van der Waals surface area contributed by atoms with Gasteiger partial charge in [-0.1, -0.05) is 12.1 Å². The summed E-state index contributed by atoms with van der Waals surface area (Å²) in [5.74, 6) is 0.473. The number of aryl methyl sites for hydroxylation is 1. The fourth-order valence-corrected chi connectivity index (χ4v) is 3.25. The number of anilines is 1. The van der Waals surface area contributed by atoms with Gasteiger partial charge in [0.1, 0.15) is 6.07 Å². The van der Waals surface area contributed by atoms with Gasteiger partial charge in [0.05, 0.1) is 23.4 Å². The number of rotatable bonds is 2. The van der Waals surface area contributed by atoms with Crippen molar-refractivity contribution in [2.75, 3.05) is 11.9 Å². The van der Waals surface area contributed by atoms with Crippen LogP contribution in [0.5, 0.6) is 0 Å². The summed E-state index contributed by atoms with van der Waals surface area (Å²) in [7, 11) is 0. The Hall–Kier alpha value is -1.57. The van der Waals surface area contributed by atoms with Gasteiger partial charge in [-0.05, 0) is 31.4 Å². The summed E-state index contributed by atoms with van der Waals surface area (Å²) >= 11 is 0. The van der Waals surface area contributed by atoms with Gasteiger partial charge >= 0.3 is 0 Å². The van der Waals surface area contributed by atoms with Crippen LogP contribution in [0.4, 0.5) is 5.69 Å². The van der Waals surface area contributed by atoms with E-state index >= 15 is 0 Å². The van der Waals surface area contributed by atoms with Crippen LogP contribution in [0.3, 0.4) is 0 Å². The minimum Gasteiger partial charge on any atom is -0.377 e. The molecular weight excluding hydrogens is 238 g/mol. The maximum Gasteiger partial charge on any atom is 0.101 e. The lowest BCUT2D eigenvalue weighted by Crippen LogP contribution is -2.69. The lowest BCUT2D eigenvalue weighted by Gasteiger charge is -2.52. The zero-order valence-corrected chi connectivity index (χ0v) is 11.1. The molecule has 0 radical (unpaired) electrons. The number of nitrogens with two attached hydrogens (primary N) is 1. The summed E-state index contributed by atoms with van der Waals surface area (Å²) in [5, 5.41) is 12.6. The molecule has 3 N–H and O–H groups in total. The summed E-state index contributed by atoms with van der Waals surface area (Å²) in [6, 6.07) is 8.22. The third-order valence-corrected chi connectivity index (χ3v) is 4.38. The second kappa shape index (κ2) is 4.84. The van der Waals surface area contributed by atoms with Crippen LogP contribution in [-0.2, 0) is 4.74 Å². The number of para-hydroxylation sites is 1. The first kappa shape index (κ1) is 12.5. The Bertz CT molecular complexity index is 523. The average Bonchev–Trinajstić information content (AvgIpc) is 2.45. The van der Waals surface area contributed by atoms with Gasteiger partial charge in [0, 0.05) is 18.6 Å². The first-order valence-electron chi connectivity index (χ1n) is 6.86. The molecule has 4 unspecified atom stereocenters. The molecule has 19 heavy (non-hydrogen) atoms. The molecule has 4 nitrogen and oxygen atoms in total. The molecule has 0 amide bonds. The smallest absolute Gasteiger partial charge is 0.101 e. The van der Waals surface area contributed by atoms with E-state index in [1.165, 1.54) is 0 Å². The highest BCUT2D eigenvalue weighted by atomic mass is 16.5. The van der Waals surface area contributed by atoms with Crippen molar-refractivity contribution in [1.82, 2.24) is 0 Å². The Labute approximate surface area is 113 Å². The minimum atomic E-state index is 0.122. The van der Waals surface area contributed by atoms with Crippen LogP contribution in [0, 0.1) is 24.2 Å². The van der Waals surface area contributed by atoms with Gasteiger partial charge in [-0.3, -0.25) is 0 Å². The molecule has 0 bridgehead atoms. The number of hydrogen-bond acceptors (Lipinski definition) is 4. The topological polar surface area (TPSA) is 71.1 Å². The number of nitrogens with zero attached hydrogens (tertiary/aromatic N) is 1. The SMILES string of the molecule is Cc1cccc(C#N)c1NC1C(N)C2CCCOC21. The molecule has 4 heteroatoms. The van der Waals surface area contributed by atoms with E-state index in [1.54, 1.807) is 0 Å². The lowest BCUT2D eigenvalue weighted by atomic mass is 9.68. The zero-order valence-electron chi connectivity index (χ0n) is 11.1. The van der Waals surface area contributed by atoms with E-state index in [0.29, 0.717) is 11.5 Å². The van der Waals surface area contributed by atoms with Crippen LogP contribution in [0.15, 0.2) is 18.2 Å². The minimum absolute atomic E-state index is 0.122. The molecule has 3 rings (SSSR count). The van der Waals surface area contributed by atoms with Crippen molar-refractivity contribution in [3.05, 3.63) is 29.3 Å². The summed E-state index contributed by atoms with van der Waals surface area (Å²) in [5.41, 5.74) is 8.89. The second-order valence-electron chi connectivity index (χ2n) is 5.50. The van der Waals surface area contributed by atoms with Crippen molar-refractivity contribution in [1.29, 1.82) is 5.26 Å². The van der Waals surface area contributed by atoms with Gasteiger partial charge < -0.3 is 15.8 Å². The van der Waals surface area contributed by atoms with Gasteiger partial charge in [-0.2, -0.15) is 5.26 Å². The Kier molecular flexibility index (Phi) is 3.17. The Morgan fingerprint density at radius 3 is 3.11 bits per heavy atom. The Morgan fingerprint density at radius 2 is 2.32 bits per heavy atom. The van der Waals surface area contributed by atoms with Crippen LogP contribution in [0.2, 0.25) is 0 Å². The van der Waals surface area contributed by atoms with Crippen molar-refractivity contribution < 1.29 is 4.74 Å². The third-order valence-electron chi connectivity index (χ3n) is 4.38. The van der Waals surface area contributed by atoms with Crippen LogP contribution in [0.25, 0.3) is 0 Å². The Balaban J connectivity index is 1.81. The number of ether oxygens (including phenoxy) is 1. The lowest BCUT2D eigenvalue weighted by molar-refractivity contribution is -0.104. The molecule has 1 aliphatic heterocycles. The van der Waals surface area contributed by atoms with E-state index in [2.05, 4.69) is 11.4 Å². The molecule has 4 atom stereocenters. The predicted octanol–water partition coefficient (Wildman–Crippen LogP) is 1.78. The molecule has 1 aliphatic carbocycles. The Morgan fingerprint density at radius 1 is 1.47 bits per heavy atom. The average molecular weight is 257 g/mol. The number of hydrogen-bond donors (Lipinski definition) is 2. The highest BCUT2D eigenvalue weighted by Gasteiger charge is 2.50. The van der Waals surface area contributed by atoms with E-state index < -0.39 is 0 Å². The molecular formula is C15H19N3O. The molecule has 1 aromatic carbocycles. The number of benzene rings is 1. The van der Waals surface area contributed by atoms with Gasteiger partial charge in [-0.25, -0.2) is 0 Å². The predicted molar refractivity (Wildman–Crippen MR) is 73.7 cm³/mol. The van der Waals surface area contributed by atoms with Crippen molar-refractivity contribution in [2.45, 2.75) is 38.0 Å². The van der Waals surface area contributed by atoms with Crippen LogP contribution in [0.1, 0.15) is 24.0 Å². The number of fused-ring (bicyclic) bond motifs is 1. The van der Waals surface area contributed by atoms with E-state index in [1.807, 2.05) is 25.1 Å². The van der Waals surface area contributed by atoms with Gasteiger partial charge in [-0.15, -0.1) is 0 Å². The fraction of sp³-hybridized carbons (Fsp3) is 0.533. The van der Waals surface area contributed by atoms with Crippen LogP contribution in [-0.4, -0.2) is 24.8 Å². The molecule has 0 spiro atoms. The summed E-state index contributed by atoms with van der Waals surface area (Å²) in [6.07, 6.45) is 2.47. The van der Waals surface area contributed by atoms with Gasteiger partial charge in [0.15, 0.2) is 0 Å². The molecule has 1 saturated carbocycles. The zero-order chi connectivity index (χ0) is 13.4. The van der Waals surface area contributed by atoms with E-state index in [-0.39, 0.29) is 18.2 Å². The quantitative estimate of drug-likeness (QED) is 0.847. The van der Waals surface area contributed by atoms with Crippen molar-refractivity contribution in [2.24, 2.45) is 11.7 Å². The molecule has 100 valence electrons. The van der Waals surface area contributed by atoms with E-state index in [9.17, 15) is 5.26 Å². The van der Waals surface area contributed by atoms with E-state index in [0.717, 1.165) is 30.7 Å². The van der Waals surface area contributed by atoms with Gasteiger partial charge in [0.25, 0.3) is 0 Å². The summed E-state index contributed by atoms with van der Waals surface area (Å²) < 4.78 is 5.82. The maximum absolute atomic E-state index is 9.19. The molecule has 2 fully saturated rings. The summed E-state index contributed by atoms with van der Waals surface area (Å²) in [6.45, 7) is 2.83. The molecule has 0 aromatic heterocycles. The fourth-order valence-electron chi connectivity index (χ4n) is 3.25. The van der Waals surface area contributed by atoms with Crippen LogP contribution < -0.4 is 11.1 Å². The first-order chi connectivity index (χ1) is 9.22. The maximum atomic E-state index is 9.19. The van der Waals surface area contributed by atoms with Gasteiger partial charge in [0.2, 0.25) is 0 Å². The second-order valence-corrected chi connectivity index (χ2v) is 5.50. The monoisotopic (exact) mass is 257 g/mol. The molecule has 1 saturated heterocycles. The number of nitrogens with one attached hydrogen (secondary N) is 1. The van der Waals surface area contributed by atoms with E-state index in [4.69, 9.17) is 10.5 Å². The first-order valence-corrected chi connectivity index (χ1v) is 6.86. The van der Waals surface area contributed by atoms with Crippen molar-refractivity contribution in [3.63, 3.8) is 0 Å². The normalized spacial score (nSPS) is 32.9. The van der Waals surface area contributed by atoms with Crippen LogP contribution >= 0.6 is 0 Å². The largest absolute Gasteiger partial charge is 0.377 e. The standard InChI is InChI=1S/C15H19N3O/c1-9-4-2-5-10(8-16)13(9)18-14-12(17)11-6-3-7-19-15(11)14/h2,4-5,11-12,14-15,18H,3,6-7,17H2,1H3. The molecule has 1 heterocycles. The highest BCUT2D eigenvalue weighted by molar-refractivity contribution is 5.63. The third kappa shape index (κ3) is 1.99. The summed E-state index contributed by atoms with van der Waals surface area (Å²) in [4.78, 5) is 0. The molecule has 1 aromatic rings. The highest BCUT2D eigenvalue weighted by Crippen LogP contribution is 2.39. The van der Waals surface area contributed by atoms with Crippen molar-refractivity contribution in [3.8, 4) is 6.07 Å². The molecule has 2 aliphatic rings.